The number of halogens is 1. The third-order valence-electron chi connectivity index (χ3n) is 3.60. The molecule has 0 aliphatic rings. The Morgan fingerprint density at radius 2 is 2.00 bits per heavy atom. The SMILES string of the molecule is CNS(=O)(=O)c1ccc(Cl)c(C(=O)Nc2cccc(-c3noc(=O)[nH]3)c2)c1. The minimum atomic E-state index is -3.73. The third-order valence-corrected chi connectivity index (χ3v) is 5.34. The number of nitrogens with one attached hydrogen (secondary N) is 3. The molecule has 3 aromatic rings. The first-order valence-electron chi connectivity index (χ1n) is 7.51. The number of aromatic amines is 1. The number of anilines is 1. The second kappa shape index (κ2) is 7.35. The highest BCUT2D eigenvalue weighted by Gasteiger charge is 2.18. The van der Waals surface area contributed by atoms with E-state index in [1.54, 1.807) is 24.3 Å². The molecule has 9 nitrogen and oxygen atoms in total. The van der Waals surface area contributed by atoms with Crippen molar-refractivity contribution in [3.05, 3.63) is 63.6 Å². The van der Waals surface area contributed by atoms with Gasteiger partial charge in [0.05, 0.1) is 15.5 Å². The van der Waals surface area contributed by atoms with E-state index in [0.29, 0.717) is 11.3 Å². The number of benzene rings is 2. The molecule has 140 valence electrons. The Morgan fingerprint density at radius 1 is 1.22 bits per heavy atom. The summed E-state index contributed by atoms with van der Waals surface area (Å²) in [4.78, 5) is 25.9. The van der Waals surface area contributed by atoms with Crippen LogP contribution in [0, 0.1) is 0 Å². The van der Waals surface area contributed by atoms with E-state index < -0.39 is 21.7 Å². The van der Waals surface area contributed by atoms with Crippen molar-refractivity contribution in [2.45, 2.75) is 4.90 Å². The van der Waals surface area contributed by atoms with Gasteiger partial charge >= 0.3 is 5.76 Å². The van der Waals surface area contributed by atoms with E-state index in [9.17, 15) is 18.0 Å². The molecule has 1 heterocycles. The molecular formula is C16H13ClN4O5S. The molecule has 1 aromatic heterocycles. The first kappa shape index (κ1) is 18.8. The summed E-state index contributed by atoms with van der Waals surface area (Å²) in [6.45, 7) is 0. The van der Waals surface area contributed by atoms with E-state index in [-0.39, 0.29) is 21.3 Å². The van der Waals surface area contributed by atoms with E-state index in [1.165, 1.54) is 25.2 Å². The largest absolute Gasteiger partial charge is 0.439 e. The molecular weight excluding hydrogens is 396 g/mol. The molecule has 1 amide bonds. The molecule has 3 rings (SSSR count). The van der Waals surface area contributed by atoms with Gasteiger partial charge < -0.3 is 5.32 Å². The average molecular weight is 409 g/mol. The van der Waals surface area contributed by atoms with Gasteiger partial charge in [-0.05, 0) is 37.4 Å². The summed E-state index contributed by atoms with van der Waals surface area (Å²) >= 11 is 6.04. The van der Waals surface area contributed by atoms with Crippen LogP contribution in [0.25, 0.3) is 11.4 Å². The number of amides is 1. The summed E-state index contributed by atoms with van der Waals surface area (Å²) in [6, 6.07) is 10.3. The molecule has 0 atom stereocenters. The highest BCUT2D eigenvalue weighted by molar-refractivity contribution is 7.89. The fourth-order valence-corrected chi connectivity index (χ4v) is 3.22. The van der Waals surface area contributed by atoms with Crippen LogP contribution in [0.5, 0.6) is 0 Å². The maximum Gasteiger partial charge on any atom is 0.439 e. The Bertz CT molecular complexity index is 1170. The molecule has 0 saturated heterocycles. The second-order valence-electron chi connectivity index (χ2n) is 5.33. The van der Waals surface area contributed by atoms with Crippen molar-refractivity contribution in [2.75, 3.05) is 12.4 Å². The number of rotatable bonds is 5. The van der Waals surface area contributed by atoms with Crippen molar-refractivity contribution >= 4 is 33.2 Å². The normalized spacial score (nSPS) is 11.3. The summed E-state index contributed by atoms with van der Waals surface area (Å²) in [5.41, 5.74) is 0.892. The Kier molecular flexibility index (Phi) is 5.13. The number of aromatic nitrogens is 2. The fraction of sp³-hybridized carbons (Fsp3) is 0.0625. The summed E-state index contributed by atoms with van der Waals surface area (Å²) in [5.74, 6) is -1.09. The Hall–Kier alpha value is -2.95. The Morgan fingerprint density at radius 3 is 2.67 bits per heavy atom. The van der Waals surface area contributed by atoms with Gasteiger partial charge in [-0.3, -0.25) is 14.3 Å². The molecule has 11 heteroatoms. The first-order valence-corrected chi connectivity index (χ1v) is 9.37. The zero-order valence-electron chi connectivity index (χ0n) is 13.8. The van der Waals surface area contributed by atoms with Crippen LogP contribution >= 0.6 is 11.6 Å². The summed E-state index contributed by atoms with van der Waals surface area (Å²) < 4.78 is 30.5. The number of hydrogen-bond donors (Lipinski definition) is 3. The molecule has 3 N–H and O–H groups in total. The van der Waals surface area contributed by atoms with Crippen LogP contribution in [0.1, 0.15) is 10.4 Å². The molecule has 27 heavy (non-hydrogen) atoms. The number of nitrogens with zero attached hydrogens (tertiary/aromatic N) is 1. The van der Waals surface area contributed by atoms with E-state index in [4.69, 9.17) is 11.6 Å². The summed E-state index contributed by atoms with van der Waals surface area (Å²) in [6.07, 6.45) is 0. The van der Waals surface area contributed by atoms with E-state index in [0.717, 1.165) is 0 Å². The van der Waals surface area contributed by atoms with Gasteiger partial charge in [-0.25, -0.2) is 17.9 Å². The Balaban J connectivity index is 1.90. The predicted molar refractivity (Wildman–Crippen MR) is 98.2 cm³/mol. The van der Waals surface area contributed by atoms with E-state index in [2.05, 4.69) is 24.7 Å². The smallest absolute Gasteiger partial charge is 0.322 e. The molecule has 0 spiro atoms. The molecule has 0 bridgehead atoms. The highest BCUT2D eigenvalue weighted by Crippen LogP contribution is 2.23. The van der Waals surface area contributed by atoms with Crippen LogP contribution in [0.2, 0.25) is 5.02 Å². The van der Waals surface area contributed by atoms with Crippen LogP contribution in [-0.2, 0) is 10.0 Å². The van der Waals surface area contributed by atoms with E-state index in [1.807, 2.05) is 0 Å². The number of H-pyrrole nitrogens is 1. The van der Waals surface area contributed by atoms with Crippen LogP contribution in [0.3, 0.4) is 0 Å². The van der Waals surface area contributed by atoms with Gasteiger partial charge in [-0.2, -0.15) is 0 Å². The molecule has 2 aromatic carbocycles. The van der Waals surface area contributed by atoms with Crippen LogP contribution in [0.4, 0.5) is 5.69 Å². The lowest BCUT2D eigenvalue weighted by Crippen LogP contribution is -2.20. The number of sulfonamides is 1. The van der Waals surface area contributed by atoms with Gasteiger partial charge in [-0.1, -0.05) is 28.9 Å². The quantitative estimate of drug-likeness (QED) is 0.589. The maximum absolute atomic E-state index is 12.6. The van der Waals surface area contributed by atoms with Gasteiger partial charge in [0, 0.05) is 11.3 Å². The zero-order valence-corrected chi connectivity index (χ0v) is 15.4. The third kappa shape index (κ3) is 4.08. The van der Waals surface area contributed by atoms with Crippen molar-refractivity contribution in [1.82, 2.24) is 14.9 Å². The lowest BCUT2D eigenvalue weighted by Gasteiger charge is -2.10. The standard InChI is InChI=1S/C16H13ClN4O5S/c1-18-27(24,25)11-5-6-13(17)12(8-11)15(22)19-10-4-2-3-9(7-10)14-20-16(23)26-21-14/h2-8,18H,1H3,(H,19,22)(H,20,21,23). The topological polar surface area (TPSA) is 134 Å². The van der Waals surface area contributed by atoms with Crippen molar-refractivity contribution in [3.8, 4) is 11.4 Å². The van der Waals surface area contributed by atoms with E-state index >= 15 is 0 Å². The molecule has 0 aliphatic carbocycles. The maximum atomic E-state index is 12.6. The summed E-state index contributed by atoms with van der Waals surface area (Å²) in [7, 11) is -2.46. The van der Waals surface area contributed by atoms with Gasteiger partial charge in [-0.15, -0.1) is 0 Å². The first-order chi connectivity index (χ1) is 12.8. The predicted octanol–water partition coefficient (Wildman–Crippen LogP) is 1.84. The zero-order chi connectivity index (χ0) is 19.6. The van der Waals surface area contributed by atoms with Crippen molar-refractivity contribution in [3.63, 3.8) is 0 Å². The minimum Gasteiger partial charge on any atom is -0.322 e. The van der Waals surface area contributed by atoms with Crippen molar-refractivity contribution in [1.29, 1.82) is 0 Å². The molecule has 0 saturated carbocycles. The summed E-state index contributed by atoms with van der Waals surface area (Å²) in [5, 5.41) is 6.30. The molecule has 0 radical (unpaired) electrons. The lowest BCUT2D eigenvalue weighted by atomic mass is 10.1. The lowest BCUT2D eigenvalue weighted by molar-refractivity contribution is 0.102. The van der Waals surface area contributed by atoms with Gasteiger partial charge in [0.25, 0.3) is 5.91 Å². The highest BCUT2D eigenvalue weighted by atomic mass is 35.5. The number of hydrogen-bond acceptors (Lipinski definition) is 6. The van der Waals surface area contributed by atoms with Crippen LogP contribution < -0.4 is 15.8 Å². The van der Waals surface area contributed by atoms with Gasteiger partial charge in [0.1, 0.15) is 0 Å². The monoisotopic (exact) mass is 408 g/mol. The average Bonchev–Trinajstić information content (AvgIpc) is 3.08. The second-order valence-corrected chi connectivity index (χ2v) is 7.62. The number of carbonyl (C=O) groups excluding carboxylic acids is 1. The Labute approximate surface area is 158 Å². The fourth-order valence-electron chi connectivity index (χ4n) is 2.26. The molecule has 0 unspecified atom stereocenters. The van der Waals surface area contributed by atoms with Crippen LogP contribution in [-0.4, -0.2) is 31.5 Å². The molecule has 0 aliphatic heterocycles. The van der Waals surface area contributed by atoms with Gasteiger partial charge in [0.2, 0.25) is 10.0 Å². The van der Waals surface area contributed by atoms with Crippen molar-refractivity contribution in [2.24, 2.45) is 0 Å². The van der Waals surface area contributed by atoms with Crippen LogP contribution in [0.15, 0.2) is 56.7 Å². The molecule has 0 fully saturated rings. The minimum absolute atomic E-state index is 0.00626. The van der Waals surface area contributed by atoms with Gasteiger partial charge in [0.15, 0.2) is 5.82 Å². The number of carbonyl (C=O) groups is 1. The van der Waals surface area contributed by atoms with Crippen molar-refractivity contribution < 1.29 is 17.7 Å².